The minimum absolute atomic E-state index is 0.0395. The van der Waals surface area contributed by atoms with E-state index in [9.17, 15) is 14.4 Å². The van der Waals surface area contributed by atoms with Crippen LogP contribution >= 0.6 is 0 Å². The van der Waals surface area contributed by atoms with Crippen LogP contribution in [0.2, 0.25) is 0 Å². The van der Waals surface area contributed by atoms with Gasteiger partial charge >= 0.3 is 5.97 Å². The van der Waals surface area contributed by atoms with Crippen LogP contribution in [0.5, 0.6) is 0 Å². The number of anilines is 1. The third kappa shape index (κ3) is 4.49. The first-order chi connectivity index (χ1) is 14.4. The number of para-hydroxylation sites is 1. The molecule has 0 saturated heterocycles. The number of carbonyl (C=O) groups excluding carboxylic acids is 2. The number of ether oxygens (including phenoxy) is 1. The number of hydrogen-bond donors (Lipinski definition) is 2. The minimum atomic E-state index is -0.395. The lowest BCUT2D eigenvalue weighted by Crippen LogP contribution is -2.30. The van der Waals surface area contributed by atoms with Gasteiger partial charge in [0.25, 0.3) is 5.56 Å². The fourth-order valence-electron chi connectivity index (χ4n) is 3.09. The number of esters is 1. The van der Waals surface area contributed by atoms with Gasteiger partial charge in [0.2, 0.25) is 5.91 Å². The maximum atomic E-state index is 12.8. The summed E-state index contributed by atoms with van der Waals surface area (Å²) < 4.78 is 7.89. The number of nitrogens with one attached hydrogen (secondary N) is 2. The van der Waals surface area contributed by atoms with Crippen molar-refractivity contribution in [3.05, 3.63) is 81.8 Å². The number of methoxy groups -OCH3 is 1. The Morgan fingerprint density at radius 1 is 1.03 bits per heavy atom. The topological polar surface area (TPSA) is 94.4 Å². The lowest BCUT2D eigenvalue weighted by atomic mass is 10.1. The second kappa shape index (κ2) is 9.23. The molecule has 8 nitrogen and oxygen atoms in total. The van der Waals surface area contributed by atoms with Gasteiger partial charge in [-0.25, -0.2) is 9.48 Å². The van der Waals surface area contributed by atoms with Gasteiger partial charge in [-0.2, -0.15) is 0 Å². The summed E-state index contributed by atoms with van der Waals surface area (Å²) in [5.74, 6) is -0.708. The van der Waals surface area contributed by atoms with Crippen LogP contribution in [-0.4, -0.2) is 34.9 Å². The van der Waals surface area contributed by atoms with Crippen LogP contribution in [-0.2, 0) is 23.1 Å². The van der Waals surface area contributed by atoms with E-state index in [1.807, 2.05) is 30.3 Å². The fraction of sp³-hybridized carbons (Fsp3) is 0.227. The molecule has 0 unspecified atom stereocenters. The molecule has 0 saturated carbocycles. The molecule has 0 aliphatic carbocycles. The van der Waals surface area contributed by atoms with Crippen molar-refractivity contribution in [2.45, 2.75) is 13.5 Å². The van der Waals surface area contributed by atoms with E-state index in [1.165, 1.54) is 11.8 Å². The predicted molar refractivity (Wildman–Crippen MR) is 114 cm³/mol. The summed E-state index contributed by atoms with van der Waals surface area (Å²) in [5, 5.41) is 5.74. The Morgan fingerprint density at radius 3 is 2.33 bits per heavy atom. The van der Waals surface area contributed by atoms with E-state index in [4.69, 9.17) is 0 Å². The first-order valence-corrected chi connectivity index (χ1v) is 9.44. The third-order valence-electron chi connectivity index (χ3n) is 4.81. The van der Waals surface area contributed by atoms with Crippen LogP contribution in [0.25, 0.3) is 5.69 Å². The van der Waals surface area contributed by atoms with Gasteiger partial charge in [-0.05, 0) is 36.8 Å². The summed E-state index contributed by atoms with van der Waals surface area (Å²) in [6, 6.07) is 16.2. The Balaban J connectivity index is 1.62. The molecule has 2 N–H and O–H groups in total. The molecule has 1 amide bonds. The van der Waals surface area contributed by atoms with E-state index in [0.29, 0.717) is 17.8 Å². The van der Waals surface area contributed by atoms with Gasteiger partial charge in [0, 0.05) is 13.6 Å². The first kappa shape index (κ1) is 21.1. The van der Waals surface area contributed by atoms with Crippen LogP contribution in [0.15, 0.2) is 59.4 Å². The molecule has 1 aromatic heterocycles. The number of aromatic nitrogens is 2. The zero-order valence-electron chi connectivity index (χ0n) is 17.1. The Morgan fingerprint density at radius 2 is 1.70 bits per heavy atom. The molecule has 30 heavy (non-hydrogen) atoms. The molecule has 8 heteroatoms. The molecule has 3 rings (SSSR count). The highest BCUT2D eigenvalue weighted by Gasteiger charge is 2.17. The van der Waals surface area contributed by atoms with Gasteiger partial charge < -0.3 is 15.4 Å². The molecule has 0 bridgehead atoms. The summed E-state index contributed by atoms with van der Waals surface area (Å²) in [6.07, 6.45) is 0. The standard InChI is InChI=1S/C22H24N4O4/c1-15-20(21(28)26(25(15)2)18-7-5-4-6-8-18)24-19(27)14-23-13-16-9-11-17(12-10-16)22(29)30-3/h4-12,23H,13-14H2,1-3H3,(H,24,27). The molecule has 0 aliphatic rings. The Kier molecular flexibility index (Phi) is 6.48. The molecule has 1 heterocycles. The van der Waals surface area contributed by atoms with E-state index in [2.05, 4.69) is 15.4 Å². The molecule has 2 aromatic carbocycles. The summed E-state index contributed by atoms with van der Waals surface area (Å²) in [7, 11) is 3.11. The Bertz CT molecular complexity index is 1100. The summed E-state index contributed by atoms with van der Waals surface area (Å²) in [4.78, 5) is 36.6. The van der Waals surface area contributed by atoms with Crippen LogP contribution in [0.3, 0.4) is 0 Å². The summed E-state index contributed by atoms with van der Waals surface area (Å²) in [6.45, 7) is 2.27. The normalized spacial score (nSPS) is 10.6. The van der Waals surface area contributed by atoms with Gasteiger partial charge in [-0.15, -0.1) is 0 Å². The summed E-state index contributed by atoms with van der Waals surface area (Å²) >= 11 is 0. The van der Waals surface area contributed by atoms with Gasteiger partial charge in [0.15, 0.2) is 0 Å². The van der Waals surface area contributed by atoms with Crippen molar-refractivity contribution in [3.8, 4) is 5.69 Å². The SMILES string of the molecule is COC(=O)c1ccc(CNCC(=O)Nc2c(C)n(C)n(-c3ccccc3)c2=O)cc1. The van der Waals surface area contributed by atoms with Gasteiger partial charge in [-0.3, -0.25) is 14.3 Å². The van der Waals surface area contributed by atoms with Gasteiger partial charge in [0.1, 0.15) is 5.69 Å². The van der Waals surface area contributed by atoms with Gasteiger partial charge in [0.05, 0.1) is 30.6 Å². The maximum absolute atomic E-state index is 12.8. The molecule has 0 atom stereocenters. The highest BCUT2D eigenvalue weighted by molar-refractivity contribution is 5.92. The van der Waals surface area contributed by atoms with E-state index in [0.717, 1.165) is 11.3 Å². The van der Waals surface area contributed by atoms with Crippen molar-refractivity contribution in [2.75, 3.05) is 19.0 Å². The smallest absolute Gasteiger partial charge is 0.337 e. The van der Waals surface area contributed by atoms with Crippen LogP contribution in [0, 0.1) is 6.92 Å². The molecule has 3 aromatic rings. The Labute approximate surface area is 174 Å². The number of amides is 1. The van der Waals surface area contributed by atoms with E-state index >= 15 is 0 Å². The third-order valence-corrected chi connectivity index (χ3v) is 4.81. The molecule has 0 spiro atoms. The highest BCUT2D eigenvalue weighted by atomic mass is 16.5. The zero-order valence-corrected chi connectivity index (χ0v) is 17.1. The number of nitrogens with zero attached hydrogens (tertiary/aromatic N) is 2. The molecule has 0 radical (unpaired) electrons. The second-order valence-corrected chi connectivity index (χ2v) is 6.78. The van der Waals surface area contributed by atoms with E-state index < -0.39 is 5.97 Å². The van der Waals surface area contributed by atoms with E-state index in [1.54, 1.807) is 42.9 Å². The monoisotopic (exact) mass is 408 g/mol. The van der Waals surface area contributed by atoms with Crippen molar-refractivity contribution < 1.29 is 14.3 Å². The van der Waals surface area contributed by atoms with Crippen molar-refractivity contribution in [3.63, 3.8) is 0 Å². The molecular formula is C22H24N4O4. The molecular weight excluding hydrogens is 384 g/mol. The van der Waals surface area contributed by atoms with Crippen molar-refractivity contribution >= 4 is 17.6 Å². The average molecular weight is 408 g/mol. The van der Waals surface area contributed by atoms with Crippen LogP contribution in [0.4, 0.5) is 5.69 Å². The number of hydrogen-bond acceptors (Lipinski definition) is 5. The van der Waals surface area contributed by atoms with Crippen LogP contribution < -0.4 is 16.2 Å². The minimum Gasteiger partial charge on any atom is -0.465 e. The summed E-state index contributed by atoms with van der Waals surface area (Å²) in [5.41, 5.74) is 2.74. The maximum Gasteiger partial charge on any atom is 0.337 e. The number of carbonyl (C=O) groups is 2. The van der Waals surface area contributed by atoms with E-state index in [-0.39, 0.29) is 23.7 Å². The lowest BCUT2D eigenvalue weighted by Gasteiger charge is -2.07. The van der Waals surface area contributed by atoms with Crippen molar-refractivity contribution in [2.24, 2.45) is 7.05 Å². The fourth-order valence-corrected chi connectivity index (χ4v) is 3.09. The average Bonchev–Trinajstić information content (AvgIpc) is 2.97. The predicted octanol–water partition coefficient (Wildman–Crippen LogP) is 2.00. The van der Waals surface area contributed by atoms with Crippen molar-refractivity contribution in [1.82, 2.24) is 14.7 Å². The first-order valence-electron chi connectivity index (χ1n) is 9.44. The lowest BCUT2D eigenvalue weighted by molar-refractivity contribution is -0.115. The number of benzene rings is 2. The number of rotatable bonds is 7. The molecule has 156 valence electrons. The Hall–Kier alpha value is -3.65. The van der Waals surface area contributed by atoms with Crippen LogP contribution in [0.1, 0.15) is 21.6 Å². The molecule has 0 fully saturated rings. The zero-order chi connectivity index (χ0) is 21.7. The quantitative estimate of drug-likeness (QED) is 0.583. The highest BCUT2D eigenvalue weighted by Crippen LogP contribution is 2.13. The largest absolute Gasteiger partial charge is 0.465 e. The van der Waals surface area contributed by atoms with Crippen molar-refractivity contribution in [1.29, 1.82) is 0 Å². The van der Waals surface area contributed by atoms with Gasteiger partial charge in [-0.1, -0.05) is 30.3 Å². The molecule has 0 aliphatic heterocycles. The second-order valence-electron chi connectivity index (χ2n) is 6.78.